The predicted molar refractivity (Wildman–Crippen MR) is 127 cm³/mol. The zero-order chi connectivity index (χ0) is 24.5. The van der Waals surface area contributed by atoms with E-state index in [4.69, 9.17) is 9.47 Å². The number of ether oxygens (including phenoxy) is 2. The van der Waals surface area contributed by atoms with E-state index in [-0.39, 0.29) is 48.2 Å². The van der Waals surface area contributed by atoms with Crippen molar-refractivity contribution in [2.24, 2.45) is 0 Å². The standard InChI is InChI=1S/C25H31N3O6/c1-18(25(30)26-20-11-7-4-8-12-20)27(16-19-9-5-3-6-10-19)24(29)17-34-21-13-14-22(28(31)32)23(15-21)33-2/h3,5-6,9-10,13-15,18,20H,4,7-8,11-12,16-17H2,1-2H3,(H,26,30)/t18-/m1/s1. The summed E-state index contributed by atoms with van der Waals surface area (Å²) in [5, 5.41) is 14.2. The largest absolute Gasteiger partial charge is 0.490 e. The Morgan fingerprint density at radius 3 is 2.50 bits per heavy atom. The first-order chi connectivity index (χ1) is 16.4. The normalized spacial score (nSPS) is 14.6. The lowest BCUT2D eigenvalue weighted by Gasteiger charge is -2.31. The van der Waals surface area contributed by atoms with Crippen LogP contribution in [-0.2, 0) is 16.1 Å². The molecular formula is C25H31N3O6. The molecule has 0 unspecified atom stereocenters. The number of nitro groups is 1. The maximum absolute atomic E-state index is 13.2. The third-order valence-electron chi connectivity index (χ3n) is 6.02. The van der Waals surface area contributed by atoms with Crippen molar-refractivity contribution < 1.29 is 24.0 Å². The van der Waals surface area contributed by atoms with E-state index in [1.165, 1.54) is 36.6 Å². The number of carbonyl (C=O) groups excluding carboxylic acids is 2. The molecule has 1 aliphatic carbocycles. The Labute approximate surface area is 199 Å². The van der Waals surface area contributed by atoms with Gasteiger partial charge < -0.3 is 19.7 Å². The van der Waals surface area contributed by atoms with Gasteiger partial charge in [0.1, 0.15) is 11.8 Å². The Morgan fingerprint density at radius 2 is 1.85 bits per heavy atom. The van der Waals surface area contributed by atoms with Gasteiger partial charge in [-0.2, -0.15) is 0 Å². The van der Waals surface area contributed by atoms with Gasteiger partial charge in [-0.15, -0.1) is 0 Å². The smallest absolute Gasteiger partial charge is 0.311 e. The number of nitrogens with one attached hydrogen (secondary N) is 1. The van der Waals surface area contributed by atoms with Crippen molar-refractivity contribution in [2.45, 2.75) is 57.7 Å². The van der Waals surface area contributed by atoms with Gasteiger partial charge in [-0.1, -0.05) is 49.6 Å². The summed E-state index contributed by atoms with van der Waals surface area (Å²) in [7, 11) is 1.32. The summed E-state index contributed by atoms with van der Waals surface area (Å²) in [4.78, 5) is 38.2. The van der Waals surface area contributed by atoms with E-state index in [1.54, 1.807) is 6.92 Å². The highest BCUT2D eigenvalue weighted by Gasteiger charge is 2.28. The van der Waals surface area contributed by atoms with E-state index in [9.17, 15) is 19.7 Å². The van der Waals surface area contributed by atoms with Crippen molar-refractivity contribution in [3.05, 3.63) is 64.2 Å². The lowest BCUT2D eigenvalue weighted by Crippen LogP contribution is -2.51. The van der Waals surface area contributed by atoms with E-state index in [0.717, 1.165) is 31.2 Å². The van der Waals surface area contributed by atoms with Crippen molar-refractivity contribution in [3.8, 4) is 11.5 Å². The van der Waals surface area contributed by atoms with Crippen LogP contribution in [0, 0.1) is 10.1 Å². The summed E-state index contributed by atoms with van der Waals surface area (Å²) in [5.74, 6) is -0.258. The fourth-order valence-corrected chi connectivity index (χ4v) is 4.06. The number of methoxy groups -OCH3 is 1. The second-order valence-corrected chi connectivity index (χ2v) is 8.41. The predicted octanol–water partition coefficient (Wildman–Crippen LogP) is 3.85. The van der Waals surface area contributed by atoms with Gasteiger partial charge in [0.15, 0.2) is 6.61 Å². The summed E-state index contributed by atoms with van der Waals surface area (Å²) < 4.78 is 10.7. The van der Waals surface area contributed by atoms with Crippen LogP contribution in [0.15, 0.2) is 48.5 Å². The molecule has 1 fully saturated rings. The third kappa shape index (κ3) is 6.69. The van der Waals surface area contributed by atoms with Crippen LogP contribution in [0.5, 0.6) is 11.5 Å². The molecule has 0 heterocycles. The van der Waals surface area contributed by atoms with Crippen molar-refractivity contribution in [1.29, 1.82) is 0 Å². The molecule has 0 radical (unpaired) electrons. The fourth-order valence-electron chi connectivity index (χ4n) is 4.06. The molecule has 2 amide bonds. The van der Waals surface area contributed by atoms with Crippen LogP contribution in [-0.4, -0.2) is 47.4 Å². The zero-order valence-electron chi connectivity index (χ0n) is 19.6. The van der Waals surface area contributed by atoms with Gasteiger partial charge in [0.05, 0.1) is 12.0 Å². The van der Waals surface area contributed by atoms with Crippen molar-refractivity contribution in [1.82, 2.24) is 10.2 Å². The highest BCUT2D eigenvalue weighted by atomic mass is 16.6. The molecule has 9 nitrogen and oxygen atoms in total. The first kappa shape index (κ1) is 25.0. The minimum atomic E-state index is -0.690. The van der Waals surface area contributed by atoms with E-state index < -0.39 is 11.0 Å². The number of nitrogens with zero attached hydrogens (tertiary/aromatic N) is 2. The van der Waals surface area contributed by atoms with Crippen LogP contribution < -0.4 is 14.8 Å². The molecule has 3 rings (SSSR count). The van der Waals surface area contributed by atoms with E-state index >= 15 is 0 Å². The van der Waals surface area contributed by atoms with Crippen LogP contribution in [0.3, 0.4) is 0 Å². The molecule has 0 saturated heterocycles. The first-order valence-electron chi connectivity index (χ1n) is 11.5. The summed E-state index contributed by atoms with van der Waals surface area (Å²) in [6, 6.07) is 12.9. The number of hydrogen-bond donors (Lipinski definition) is 1. The van der Waals surface area contributed by atoms with Crippen molar-refractivity contribution in [2.75, 3.05) is 13.7 Å². The van der Waals surface area contributed by atoms with E-state index in [0.29, 0.717) is 0 Å². The van der Waals surface area contributed by atoms with Gasteiger partial charge in [0.25, 0.3) is 5.91 Å². The van der Waals surface area contributed by atoms with Gasteiger partial charge in [0, 0.05) is 24.7 Å². The molecule has 0 spiro atoms. The van der Waals surface area contributed by atoms with Crippen LogP contribution in [0.4, 0.5) is 5.69 Å². The third-order valence-corrected chi connectivity index (χ3v) is 6.02. The minimum absolute atomic E-state index is 0.0383. The number of hydrogen-bond acceptors (Lipinski definition) is 6. The molecule has 0 aromatic heterocycles. The summed E-state index contributed by atoms with van der Waals surface area (Å²) in [6.45, 7) is 1.65. The second kappa shape index (κ2) is 12.0. The second-order valence-electron chi connectivity index (χ2n) is 8.41. The molecule has 2 aromatic rings. The molecule has 2 aromatic carbocycles. The Bertz CT molecular complexity index is 991. The lowest BCUT2D eigenvalue weighted by molar-refractivity contribution is -0.385. The summed E-state index contributed by atoms with van der Waals surface area (Å²) in [5.41, 5.74) is 0.699. The van der Waals surface area contributed by atoms with Gasteiger partial charge >= 0.3 is 5.69 Å². The molecule has 1 saturated carbocycles. The van der Waals surface area contributed by atoms with Gasteiger partial charge in [0.2, 0.25) is 11.7 Å². The maximum atomic E-state index is 13.2. The number of rotatable bonds is 10. The van der Waals surface area contributed by atoms with E-state index in [1.807, 2.05) is 30.3 Å². The van der Waals surface area contributed by atoms with Gasteiger partial charge in [-0.05, 0) is 31.4 Å². The molecule has 0 bridgehead atoms. The monoisotopic (exact) mass is 469 g/mol. The Balaban J connectivity index is 1.71. The highest BCUT2D eigenvalue weighted by molar-refractivity contribution is 5.88. The minimum Gasteiger partial charge on any atom is -0.490 e. The van der Waals surface area contributed by atoms with E-state index in [2.05, 4.69) is 5.32 Å². The lowest BCUT2D eigenvalue weighted by atomic mass is 9.95. The number of carbonyl (C=O) groups is 2. The molecule has 0 aliphatic heterocycles. The Hall–Kier alpha value is -3.62. The SMILES string of the molecule is COc1cc(OCC(=O)N(Cc2ccccc2)[C@H](C)C(=O)NC2CCCCC2)ccc1[N+](=O)[O-]. The first-order valence-corrected chi connectivity index (χ1v) is 11.5. The molecule has 1 N–H and O–H groups in total. The van der Waals surface area contributed by atoms with Crippen LogP contribution in [0.2, 0.25) is 0 Å². The maximum Gasteiger partial charge on any atom is 0.311 e. The molecule has 1 atom stereocenters. The summed E-state index contributed by atoms with van der Waals surface area (Å²) in [6.07, 6.45) is 5.29. The van der Waals surface area contributed by atoms with Crippen LogP contribution >= 0.6 is 0 Å². The van der Waals surface area contributed by atoms with Gasteiger partial charge in [-0.3, -0.25) is 19.7 Å². The van der Waals surface area contributed by atoms with Crippen LogP contribution in [0.1, 0.15) is 44.6 Å². The molecule has 9 heteroatoms. The Morgan fingerprint density at radius 1 is 1.15 bits per heavy atom. The van der Waals surface area contributed by atoms with Crippen molar-refractivity contribution >= 4 is 17.5 Å². The van der Waals surface area contributed by atoms with Crippen LogP contribution in [0.25, 0.3) is 0 Å². The molecule has 34 heavy (non-hydrogen) atoms. The number of nitro benzene ring substituents is 1. The summed E-state index contributed by atoms with van der Waals surface area (Å²) >= 11 is 0. The average molecular weight is 470 g/mol. The zero-order valence-corrected chi connectivity index (χ0v) is 19.6. The molecule has 1 aliphatic rings. The van der Waals surface area contributed by atoms with Gasteiger partial charge in [-0.25, -0.2) is 0 Å². The average Bonchev–Trinajstić information content (AvgIpc) is 2.86. The molecule has 182 valence electrons. The van der Waals surface area contributed by atoms with Crippen molar-refractivity contribution in [3.63, 3.8) is 0 Å². The molecular weight excluding hydrogens is 438 g/mol. The number of amides is 2. The number of benzene rings is 2. The topological polar surface area (TPSA) is 111 Å². The quantitative estimate of drug-likeness (QED) is 0.418. The highest BCUT2D eigenvalue weighted by Crippen LogP contribution is 2.30. The Kier molecular flexibility index (Phi) is 8.84. The fraction of sp³-hybridized carbons (Fsp3) is 0.440.